The van der Waals surface area contributed by atoms with Crippen molar-refractivity contribution >= 4 is 23.4 Å². The number of methoxy groups -OCH3 is 1. The van der Waals surface area contributed by atoms with Crippen LogP contribution in [0, 0.1) is 6.92 Å². The van der Waals surface area contributed by atoms with Crippen molar-refractivity contribution in [3.63, 3.8) is 0 Å². The molecule has 1 saturated heterocycles. The Labute approximate surface area is 178 Å². The lowest BCUT2D eigenvalue weighted by Gasteiger charge is -2.33. The maximum absolute atomic E-state index is 6.32. The van der Waals surface area contributed by atoms with Crippen LogP contribution in [0.2, 0.25) is 5.02 Å². The molecule has 0 radical (unpaired) electrons. The lowest BCUT2D eigenvalue weighted by atomic mass is 10.1. The number of nitrogens with zero attached hydrogens (tertiary/aromatic N) is 3. The topological polar surface area (TPSA) is 61.8 Å². The Morgan fingerprint density at radius 1 is 1.28 bits per heavy atom. The van der Waals surface area contributed by atoms with E-state index < -0.39 is 0 Å². The molecule has 3 rings (SSSR count). The van der Waals surface area contributed by atoms with Crippen LogP contribution in [0.4, 0.5) is 5.82 Å². The van der Waals surface area contributed by atoms with Gasteiger partial charge >= 0.3 is 0 Å². The van der Waals surface area contributed by atoms with Crippen LogP contribution < -0.4 is 20.3 Å². The van der Waals surface area contributed by atoms with Crippen LogP contribution in [0.25, 0.3) is 0 Å². The van der Waals surface area contributed by atoms with E-state index in [0.29, 0.717) is 6.04 Å². The number of halogens is 1. The van der Waals surface area contributed by atoms with Crippen molar-refractivity contribution in [1.82, 2.24) is 15.6 Å². The van der Waals surface area contributed by atoms with Crippen LogP contribution in [0.3, 0.4) is 0 Å². The minimum atomic E-state index is 0.410. The Balaban J connectivity index is 1.43. The van der Waals surface area contributed by atoms with Gasteiger partial charge in [-0.05, 0) is 55.5 Å². The Bertz CT molecular complexity index is 816. The molecule has 1 aromatic heterocycles. The number of aryl methyl sites for hydroxylation is 1. The smallest absolute Gasteiger partial charge is 0.191 e. The maximum Gasteiger partial charge on any atom is 0.191 e. The average Bonchev–Trinajstić information content (AvgIpc) is 2.75. The number of guanidine groups is 1. The highest BCUT2D eigenvalue weighted by Gasteiger charge is 2.20. The number of rotatable bonds is 6. The second kappa shape index (κ2) is 10.3. The quantitative estimate of drug-likeness (QED) is 0.559. The van der Waals surface area contributed by atoms with E-state index in [1.165, 1.54) is 5.56 Å². The Kier molecular flexibility index (Phi) is 7.58. The third kappa shape index (κ3) is 6.00. The van der Waals surface area contributed by atoms with Crippen LogP contribution in [0.1, 0.15) is 24.0 Å². The Hall–Kier alpha value is -2.47. The molecule has 29 heavy (non-hydrogen) atoms. The van der Waals surface area contributed by atoms with E-state index >= 15 is 0 Å². The average molecular weight is 416 g/mol. The molecule has 0 spiro atoms. The van der Waals surface area contributed by atoms with Gasteiger partial charge in [0.1, 0.15) is 11.6 Å². The largest absolute Gasteiger partial charge is 0.497 e. The van der Waals surface area contributed by atoms with Crippen molar-refractivity contribution in [1.29, 1.82) is 0 Å². The summed E-state index contributed by atoms with van der Waals surface area (Å²) in [6.07, 6.45) is 4.86. The van der Waals surface area contributed by atoms with Crippen molar-refractivity contribution in [3.05, 3.63) is 52.7 Å². The molecule has 1 aliphatic rings. The highest BCUT2D eigenvalue weighted by atomic mass is 35.5. The zero-order valence-electron chi connectivity index (χ0n) is 17.4. The third-order valence-electron chi connectivity index (χ3n) is 5.23. The van der Waals surface area contributed by atoms with E-state index in [9.17, 15) is 0 Å². The summed E-state index contributed by atoms with van der Waals surface area (Å²) in [7, 11) is 3.45. The molecular weight excluding hydrogens is 386 g/mol. The molecule has 0 amide bonds. The number of nitrogens with one attached hydrogen (secondary N) is 2. The molecule has 6 nitrogen and oxygen atoms in total. The highest BCUT2D eigenvalue weighted by molar-refractivity contribution is 6.31. The molecule has 0 bridgehead atoms. The number of aromatic nitrogens is 1. The molecular formula is C22H30ClN5O. The van der Waals surface area contributed by atoms with Crippen molar-refractivity contribution in [3.8, 4) is 5.75 Å². The number of hydrogen-bond donors (Lipinski definition) is 2. The van der Waals surface area contributed by atoms with E-state index in [2.05, 4.69) is 44.6 Å². The molecule has 1 aliphatic heterocycles. The summed E-state index contributed by atoms with van der Waals surface area (Å²) in [5, 5.41) is 7.67. The van der Waals surface area contributed by atoms with E-state index in [1.807, 2.05) is 24.4 Å². The third-order valence-corrected chi connectivity index (χ3v) is 5.58. The van der Waals surface area contributed by atoms with Gasteiger partial charge in [-0.3, -0.25) is 4.99 Å². The molecule has 2 heterocycles. The van der Waals surface area contributed by atoms with Gasteiger partial charge in [-0.2, -0.15) is 0 Å². The minimum absolute atomic E-state index is 0.410. The fourth-order valence-electron chi connectivity index (χ4n) is 3.46. The fraction of sp³-hybridized carbons (Fsp3) is 0.455. The number of aliphatic imine (C=N–C) groups is 1. The summed E-state index contributed by atoms with van der Waals surface area (Å²) in [6, 6.07) is 10.4. The van der Waals surface area contributed by atoms with Crippen LogP contribution >= 0.6 is 11.6 Å². The second-order valence-corrected chi connectivity index (χ2v) is 7.71. The fourth-order valence-corrected chi connectivity index (χ4v) is 3.73. The molecule has 0 unspecified atom stereocenters. The number of benzene rings is 1. The van der Waals surface area contributed by atoms with E-state index in [0.717, 1.165) is 67.0 Å². The summed E-state index contributed by atoms with van der Waals surface area (Å²) < 4.78 is 5.20. The molecule has 7 heteroatoms. The molecule has 0 aliphatic carbocycles. The molecule has 1 fully saturated rings. The summed E-state index contributed by atoms with van der Waals surface area (Å²) >= 11 is 6.32. The van der Waals surface area contributed by atoms with E-state index in [-0.39, 0.29) is 0 Å². The minimum Gasteiger partial charge on any atom is -0.497 e. The monoisotopic (exact) mass is 415 g/mol. The van der Waals surface area contributed by atoms with Crippen LogP contribution in [0.15, 0.2) is 41.5 Å². The predicted octanol–water partition coefficient (Wildman–Crippen LogP) is 3.43. The first kappa shape index (κ1) is 21.2. The van der Waals surface area contributed by atoms with E-state index in [1.54, 1.807) is 14.2 Å². The standard InChI is InChI=1S/C22H30ClN5O/c1-16-4-7-21(26-15-16)28-12-9-18(10-13-28)27-22(24-2)25-11-8-17-5-6-19(29-3)14-20(17)23/h4-7,14-15,18H,8-13H2,1-3H3,(H2,24,25,27). The van der Waals surface area contributed by atoms with Gasteiger partial charge in [0, 0.05) is 43.9 Å². The SMILES string of the molecule is CN=C(NCCc1ccc(OC)cc1Cl)NC1CCN(c2ccc(C)cn2)CC1. The highest BCUT2D eigenvalue weighted by Crippen LogP contribution is 2.22. The van der Waals surface area contributed by atoms with Gasteiger partial charge in [0.25, 0.3) is 0 Å². The Morgan fingerprint density at radius 3 is 2.69 bits per heavy atom. The van der Waals surface area contributed by atoms with Gasteiger partial charge in [0.15, 0.2) is 5.96 Å². The van der Waals surface area contributed by atoms with Gasteiger partial charge in [0.05, 0.1) is 7.11 Å². The normalized spacial score (nSPS) is 15.3. The van der Waals surface area contributed by atoms with Gasteiger partial charge in [-0.15, -0.1) is 0 Å². The van der Waals surface area contributed by atoms with Gasteiger partial charge < -0.3 is 20.3 Å². The molecule has 0 atom stereocenters. The summed E-state index contributed by atoms with van der Waals surface area (Å²) in [5.41, 5.74) is 2.28. The summed E-state index contributed by atoms with van der Waals surface area (Å²) in [5.74, 6) is 2.67. The van der Waals surface area contributed by atoms with Gasteiger partial charge in [-0.25, -0.2) is 4.98 Å². The lowest BCUT2D eigenvalue weighted by Crippen LogP contribution is -2.49. The first-order valence-electron chi connectivity index (χ1n) is 10.1. The number of piperidine rings is 1. The predicted molar refractivity (Wildman–Crippen MR) is 120 cm³/mol. The van der Waals surface area contributed by atoms with Crippen LogP contribution in [0.5, 0.6) is 5.75 Å². The van der Waals surface area contributed by atoms with Gasteiger partial charge in [-0.1, -0.05) is 23.7 Å². The number of anilines is 1. The number of pyridine rings is 1. The molecule has 0 saturated carbocycles. The zero-order valence-corrected chi connectivity index (χ0v) is 18.2. The molecule has 1 aromatic carbocycles. The van der Waals surface area contributed by atoms with Crippen LogP contribution in [-0.4, -0.2) is 50.8 Å². The van der Waals surface area contributed by atoms with Crippen molar-refractivity contribution in [2.45, 2.75) is 32.2 Å². The van der Waals surface area contributed by atoms with Crippen molar-refractivity contribution in [2.75, 3.05) is 38.7 Å². The van der Waals surface area contributed by atoms with Crippen LogP contribution in [-0.2, 0) is 6.42 Å². The first-order chi connectivity index (χ1) is 14.1. The van der Waals surface area contributed by atoms with Crippen molar-refractivity contribution in [2.24, 2.45) is 4.99 Å². The zero-order chi connectivity index (χ0) is 20.6. The molecule has 156 valence electrons. The number of ether oxygens (including phenoxy) is 1. The van der Waals surface area contributed by atoms with E-state index in [4.69, 9.17) is 16.3 Å². The van der Waals surface area contributed by atoms with Crippen molar-refractivity contribution < 1.29 is 4.74 Å². The van der Waals surface area contributed by atoms with Gasteiger partial charge in [0.2, 0.25) is 0 Å². The summed E-state index contributed by atoms with van der Waals surface area (Å²) in [6.45, 7) is 4.81. The lowest BCUT2D eigenvalue weighted by molar-refractivity contribution is 0.414. The molecule has 2 aromatic rings. The maximum atomic E-state index is 6.32. The Morgan fingerprint density at radius 2 is 2.07 bits per heavy atom. The molecule has 2 N–H and O–H groups in total. The second-order valence-electron chi connectivity index (χ2n) is 7.31. The number of hydrogen-bond acceptors (Lipinski definition) is 4. The first-order valence-corrected chi connectivity index (χ1v) is 10.4. The summed E-state index contributed by atoms with van der Waals surface area (Å²) in [4.78, 5) is 11.3.